The molecule has 0 aliphatic carbocycles. The van der Waals surface area contributed by atoms with Crippen molar-refractivity contribution in [2.75, 3.05) is 37.6 Å². The highest BCUT2D eigenvalue weighted by Gasteiger charge is 2.28. The third kappa shape index (κ3) is 4.92. The fourth-order valence-corrected chi connectivity index (χ4v) is 4.18. The standard InChI is InChI=1S/C23H31N7O2/c1-3-24-23(28-11-12-30(22(32)17-28)20-13-26-27(2)16-20)25-10-6-9-21(31)29-14-18-7-4-5-8-19(18)15-29/h4-5,7-8,13,16H,3,6,9-12,14-15,17H2,1-2H3,(H,24,25). The summed E-state index contributed by atoms with van der Waals surface area (Å²) in [7, 11) is 1.84. The van der Waals surface area contributed by atoms with E-state index in [9.17, 15) is 9.59 Å². The molecule has 1 fully saturated rings. The largest absolute Gasteiger partial charge is 0.357 e. The second-order valence-electron chi connectivity index (χ2n) is 8.20. The monoisotopic (exact) mass is 437 g/mol. The third-order valence-electron chi connectivity index (χ3n) is 5.86. The van der Waals surface area contributed by atoms with Crippen molar-refractivity contribution in [3.8, 4) is 0 Å². The van der Waals surface area contributed by atoms with E-state index >= 15 is 0 Å². The topological polar surface area (TPSA) is 86.1 Å². The van der Waals surface area contributed by atoms with Gasteiger partial charge in [-0.25, -0.2) is 0 Å². The van der Waals surface area contributed by atoms with Crippen LogP contribution < -0.4 is 10.2 Å². The summed E-state index contributed by atoms with van der Waals surface area (Å²) in [5.74, 6) is 0.924. The Morgan fingerprint density at radius 1 is 1.12 bits per heavy atom. The minimum Gasteiger partial charge on any atom is -0.357 e. The molecule has 32 heavy (non-hydrogen) atoms. The first-order chi connectivity index (χ1) is 15.5. The molecule has 0 unspecified atom stereocenters. The van der Waals surface area contributed by atoms with Crippen molar-refractivity contribution in [3.05, 3.63) is 47.8 Å². The van der Waals surface area contributed by atoms with Crippen LogP contribution in [0.2, 0.25) is 0 Å². The predicted octanol–water partition coefficient (Wildman–Crippen LogP) is 1.36. The van der Waals surface area contributed by atoms with Gasteiger partial charge in [0, 0.05) is 58.9 Å². The second-order valence-corrected chi connectivity index (χ2v) is 8.20. The lowest BCUT2D eigenvalue weighted by molar-refractivity contribution is -0.131. The number of hydrogen-bond acceptors (Lipinski definition) is 4. The highest BCUT2D eigenvalue weighted by molar-refractivity contribution is 5.98. The van der Waals surface area contributed by atoms with Gasteiger partial charge in [-0.1, -0.05) is 24.3 Å². The molecule has 1 aromatic carbocycles. The predicted molar refractivity (Wildman–Crippen MR) is 123 cm³/mol. The summed E-state index contributed by atoms with van der Waals surface area (Å²) in [6.45, 7) is 6.23. The van der Waals surface area contributed by atoms with Crippen LogP contribution in [0.1, 0.15) is 30.9 Å². The van der Waals surface area contributed by atoms with Gasteiger partial charge in [-0.2, -0.15) is 5.10 Å². The first-order valence-electron chi connectivity index (χ1n) is 11.2. The summed E-state index contributed by atoms with van der Waals surface area (Å²) in [5.41, 5.74) is 3.30. The zero-order valence-corrected chi connectivity index (χ0v) is 18.8. The number of nitrogens with zero attached hydrogens (tertiary/aromatic N) is 6. The molecule has 9 heteroatoms. The highest BCUT2D eigenvalue weighted by atomic mass is 16.2. The van der Waals surface area contributed by atoms with Crippen LogP contribution in [0.4, 0.5) is 5.69 Å². The first kappa shape index (κ1) is 21.9. The molecule has 4 rings (SSSR count). The van der Waals surface area contributed by atoms with Crippen LogP contribution in [0.15, 0.2) is 41.7 Å². The Bertz CT molecular complexity index is 975. The number of benzene rings is 1. The van der Waals surface area contributed by atoms with Crippen LogP contribution in [0.5, 0.6) is 0 Å². The van der Waals surface area contributed by atoms with Gasteiger partial charge in [0.05, 0.1) is 11.9 Å². The van der Waals surface area contributed by atoms with Crippen LogP contribution in [0, 0.1) is 0 Å². The van der Waals surface area contributed by atoms with E-state index < -0.39 is 0 Å². The van der Waals surface area contributed by atoms with Crippen LogP contribution in [0.3, 0.4) is 0 Å². The number of rotatable bonds is 6. The molecule has 0 atom stereocenters. The van der Waals surface area contributed by atoms with Crippen molar-refractivity contribution in [1.29, 1.82) is 0 Å². The number of aryl methyl sites for hydroxylation is 1. The maximum Gasteiger partial charge on any atom is 0.246 e. The van der Waals surface area contributed by atoms with Crippen molar-refractivity contribution >= 4 is 23.5 Å². The second kappa shape index (κ2) is 9.84. The van der Waals surface area contributed by atoms with Gasteiger partial charge < -0.3 is 20.0 Å². The lowest BCUT2D eigenvalue weighted by Crippen LogP contribution is -2.55. The first-order valence-corrected chi connectivity index (χ1v) is 11.2. The van der Waals surface area contributed by atoms with Gasteiger partial charge in [0.25, 0.3) is 0 Å². The van der Waals surface area contributed by atoms with Crippen molar-refractivity contribution in [1.82, 2.24) is 24.9 Å². The average Bonchev–Trinajstić information content (AvgIpc) is 3.42. The fourth-order valence-electron chi connectivity index (χ4n) is 4.18. The zero-order valence-electron chi connectivity index (χ0n) is 18.8. The minimum atomic E-state index is 0.0265. The molecule has 0 spiro atoms. The summed E-state index contributed by atoms with van der Waals surface area (Å²) >= 11 is 0. The molecule has 1 saturated heterocycles. The number of aromatic nitrogens is 2. The molecule has 3 heterocycles. The summed E-state index contributed by atoms with van der Waals surface area (Å²) in [6.07, 6.45) is 4.72. The van der Waals surface area contributed by atoms with Gasteiger partial charge in [-0.05, 0) is 24.5 Å². The Labute approximate surface area is 188 Å². The fraction of sp³-hybridized carbons (Fsp3) is 0.478. The van der Waals surface area contributed by atoms with Crippen LogP contribution >= 0.6 is 0 Å². The van der Waals surface area contributed by atoms with Crippen molar-refractivity contribution in [3.63, 3.8) is 0 Å². The summed E-state index contributed by atoms with van der Waals surface area (Å²) in [5, 5.41) is 7.44. The average molecular weight is 438 g/mol. The molecule has 1 N–H and O–H groups in total. The Morgan fingerprint density at radius 2 is 1.88 bits per heavy atom. The molecular formula is C23H31N7O2. The van der Waals surface area contributed by atoms with E-state index in [2.05, 4.69) is 27.5 Å². The summed E-state index contributed by atoms with van der Waals surface area (Å²) < 4.78 is 1.70. The quantitative estimate of drug-likeness (QED) is 0.419. The van der Waals surface area contributed by atoms with Crippen molar-refractivity contribution in [2.45, 2.75) is 32.9 Å². The van der Waals surface area contributed by atoms with Gasteiger partial charge in [0.1, 0.15) is 6.54 Å². The molecule has 0 bridgehead atoms. The number of aliphatic imine (C=N–C) groups is 1. The van der Waals surface area contributed by atoms with Gasteiger partial charge in [0.15, 0.2) is 5.96 Å². The van der Waals surface area contributed by atoms with E-state index in [0.29, 0.717) is 45.6 Å². The number of guanidine groups is 1. The summed E-state index contributed by atoms with van der Waals surface area (Å²) in [4.78, 5) is 35.6. The van der Waals surface area contributed by atoms with E-state index in [1.54, 1.807) is 15.8 Å². The highest BCUT2D eigenvalue weighted by Crippen LogP contribution is 2.23. The molecule has 2 aliphatic heterocycles. The maximum absolute atomic E-state index is 12.7. The third-order valence-corrected chi connectivity index (χ3v) is 5.86. The van der Waals surface area contributed by atoms with Crippen molar-refractivity contribution < 1.29 is 9.59 Å². The number of anilines is 1. The molecule has 0 saturated carbocycles. The Kier molecular flexibility index (Phi) is 6.72. The lowest BCUT2D eigenvalue weighted by Gasteiger charge is -2.35. The molecule has 2 amide bonds. The van der Waals surface area contributed by atoms with E-state index in [1.807, 2.05) is 42.1 Å². The maximum atomic E-state index is 12.7. The zero-order chi connectivity index (χ0) is 22.5. The SMILES string of the molecule is CCNC(=NCCCC(=O)N1Cc2ccccc2C1)N1CCN(c2cnn(C)c2)C(=O)C1. The molecule has 2 aliphatic rings. The van der Waals surface area contributed by atoms with Gasteiger partial charge in [-0.15, -0.1) is 0 Å². The molecule has 9 nitrogen and oxygen atoms in total. The van der Waals surface area contributed by atoms with E-state index in [-0.39, 0.29) is 18.4 Å². The van der Waals surface area contributed by atoms with E-state index in [0.717, 1.165) is 18.2 Å². The molecule has 1 aromatic heterocycles. The molecule has 170 valence electrons. The van der Waals surface area contributed by atoms with Gasteiger partial charge in [-0.3, -0.25) is 19.3 Å². The van der Waals surface area contributed by atoms with Crippen LogP contribution in [-0.2, 0) is 29.7 Å². The molecule has 2 aromatic rings. The number of carbonyl (C=O) groups is 2. The van der Waals surface area contributed by atoms with Gasteiger partial charge >= 0.3 is 0 Å². The number of amides is 2. The molecule has 0 radical (unpaired) electrons. The van der Waals surface area contributed by atoms with Crippen LogP contribution in [0.25, 0.3) is 0 Å². The number of carbonyl (C=O) groups excluding carboxylic acids is 2. The number of nitrogens with one attached hydrogen (secondary N) is 1. The number of piperazine rings is 1. The lowest BCUT2D eigenvalue weighted by atomic mass is 10.1. The number of hydrogen-bond donors (Lipinski definition) is 1. The minimum absolute atomic E-state index is 0.0265. The molecular weight excluding hydrogens is 406 g/mol. The smallest absolute Gasteiger partial charge is 0.246 e. The Hall–Kier alpha value is -3.36. The van der Waals surface area contributed by atoms with Crippen LogP contribution in [-0.4, -0.2) is 70.1 Å². The number of fused-ring (bicyclic) bond motifs is 1. The van der Waals surface area contributed by atoms with E-state index in [4.69, 9.17) is 0 Å². The Morgan fingerprint density at radius 3 is 2.50 bits per heavy atom. The van der Waals surface area contributed by atoms with E-state index in [1.165, 1.54) is 11.1 Å². The van der Waals surface area contributed by atoms with Crippen molar-refractivity contribution in [2.24, 2.45) is 12.0 Å². The summed E-state index contributed by atoms with van der Waals surface area (Å²) in [6, 6.07) is 8.21. The van der Waals surface area contributed by atoms with Gasteiger partial charge in [0.2, 0.25) is 11.8 Å². The normalized spacial score (nSPS) is 16.5. The Balaban J connectivity index is 1.27.